The maximum atomic E-state index is 12.3. The van der Waals surface area contributed by atoms with E-state index >= 15 is 0 Å². The number of nitrogens with zero attached hydrogens (tertiary/aromatic N) is 2. The minimum absolute atomic E-state index is 0.0624. The van der Waals surface area contributed by atoms with Gasteiger partial charge in [0.25, 0.3) is 11.5 Å². The fourth-order valence-corrected chi connectivity index (χ4v) is 3.66. The van der Waals surface area contributed by atoms with Crippen LogP contribution in [0.2, 0.25) is 5.02 Å². The molecule has 3 rings (SSSR count). The highest BCUT2D eigenvalue weighted by molar-refractivity contribution is 7.20. The van der Waals surface area contributed by atoms with Gasteiger partial charge in [0.2, 0.25) is 0 Å². The van der Waals surface area contributed by atoms with Crippen LogP contribution in [0.15, 0.2) is 39.9 Å². The fraction of sp³-hybridized carbons (Fsp3) is 0.222. The third kappa shape index (κ3) is 4.00. The summed E-state index contributed by atoms with van der Waals surface area (Å²) in [5.41, 5.74) is -0.182. The Kier molecular flexibility index (Phi) is 5.66. The van der Waals surface area contributed by atoms with Gasteiger partial charge < -0.3 is 10.1 Å². The Morgan fingerprint density at radius 1 is 1.14 bits per heavy atom. The van der Waals surface area contributed by atoms with Gasteiger partial charge in [-0.25, -0.2) is 4.79 Å². The van der Waals surface area contributed by atoms with Gasteiger partial charge in [-0.3, -0.25) is 23.5 Å². The number of nitrogens with one attached hydrogen (secondary N) is 1. The van der Waals surface area contributed by atoms with Crippen LogP contribution in [0, 0.1) is 0 Å². The van der Waals surface area contributed by atoms with Gasteiger partial charge in [0.15, 0.2) is 0 Å². The molecule has 1 amide bonds. The van der Waals surface area contributed by atoms with E-state index < -0.39 is 23.1 Å². The zero-order valence-electron chi connectivity index (χ0n) is 15.0. The first-order chi connectivity index (χ1) is 13.3. The molecule has 0 unspecified atom stereocenters. The quantitative estimate of drug-likeness (QED) is 0.628. The molecule has 0 aliphatic heterocycles. The van der Waals surface area contributed by atoms with Crippen LogP contribution in [0.5, 0.6) is 0 Å². The molecular formula is C18H16ClN3O5S. The van der Waals surface area contributed by atoms with Crippen molar-refractivity contribution in [3.8, 4) is 0 Å². The molecular weight excluding hydrogens is 406 g/mol. The molecule has 1 N–H and O–H groups in total. The van der Waals surface area contributed by atoms with E-state index in [1.54, 1.807) is 24.3 Å². The van der Waals surface area contributed by atoms with Crippen molar-refractivity contribution in [3.05, 3.63) is 66.6 Å². The summed E-state index contributed by atoms with van der Waals surface area (Å²) in [5.74, 6) is -1.13. The van der Waals surface area contributed by atoms with Gasteiger partial charge in [-0.15, -0.1) is 11.3 Å². The van der Waals surface area contributed by atoms with E-state index in [0.29, 0.717) is 9.85 Å². The molecule has 1 aromatic carbocycles. The number of carbonyl (C=O) groups excluding carboxylic acids is 2. The topological polar surface area (TPSA) is 99.4 Å². The number of hydrogen-bond donors (Lipinski definition) is 1. The number of rotatable bonds is 5. The lowest BCUT2D eigenvalue weighted by molar-refractivity contribution is -0.143. The molecule has 28 heavy (non-hydrogen) atoms. The fourth-order valence-electron chi connectivity index (χ4n) is 2.51. The van der Waals surface area contributed by atoms with E-state index in [0.717, 1.165) is 21.5 Å². The van der Waals surface area contributed by atoms with Crippen molar-refractivity contribution < 1.29 is 14.3 Å². The van der Waals surface area contributed by atoms with E-state index in [9.17, 15) is 19.2 Å². The lowest BCUT2D eigenvalue weighted by Gasteiger charge is -2.06. The highest BCUT2D eigenvalue weighted by Gasteiger charge is 2.17. The SMILES string of the molecule is Cn1c(=O)c2cc(C(=O)NCC(=O)OCc3ccc(Cl)cc3)sc2n(C)c1=O. The predicted octanol–water partition coefficient (Wildman–Crippen LogP) is 1.43. The number of aryl methyl sites for hydroxylation is 1. The first kappa shape index (κ1) is 19.8. The highest BCUT2D eigenvalue weighted by Crippen LogP contribution is 2.21. The van der Waals surface area contributed by atoms with Crippen LogP contribution >= 0.6 is 22.9 Å². The van der Waals surface area contributed by atoms with Crippen molar-refractivity contribution in [3.63, 3.8) is 0 Å². The number of ether oxygens (including phenoxy) is 1. The second-order valence-electron chi connectivity index (χ2n) is 6.01. The minimum Gasteiger partial charge on any atom is -0.460 e. The summed E-state index contributed by atoms with van der Waals surface area (Å²) in [6.45, 7) is -0.259. The Bertz CT molecular complexity index is 1180. The summed E-state index contributed by atoms with van der Waals surface area (Å²) >= 11 is 6.79. The van der Waals surface area contributed by atoms with E-state index in [1.807, 2.05) is 0 Å². The number of benzene rings is 1. The molecule has 0 radical (unpaired) electrons. The van der Waals surface area contributed by atoms with Gasteiger partial charge in [0, 0.05) is 19.1 Å². The molecule has 0 spiro atoms. The normalized spacial score (nSPS) is 10.8. The second-order valence-corrected chi connectivity index (χ2v) is 7.47. The van der Waals surface area contributed by atoms with Crippen molar-refractivity contribution in [2.75, 3.05) is 6.54 Å². The van der Waals surface area contributed by atoms with E-state index in [4.69, 9.17) is 16.3 Å². The predicted molar refractivity (Wildman–Crippen MR) is 106 cm³/mol. The molecule has 146 valence electrons. The van der Waals surface area contributed by atoms with Crippen molar-refractivity contribution in [1.82, 2.24) is 14.5 Å². The lowest BCUT2D eigenvalue weighted by atomic mass is 10.2. The number of carbonyl (C=O) groups is 2. The summed E-state index contributed by atoms with van der Waals surface area (Å²) in [6, 6.07) is 8.25. The largest absolute Gasteiger partial charge is 0.460 e. The molecule has 3 aromatic rings. The van der Waals surface area contributed by atoms with Crippen LogP contribution in [-0.4, -0.2) is 27.6 Å². The van der Waals surface area contributed by atoms with Crippen LogP contribution in [0.3, 0.4) is 0 Å². The Morgan fingerprint density at radius 2 is 1.82 bits per heavy atom. The Morgan fingerprint density at radius 3 is 2.50 bits per heavy atom. The molecule has 8 nitrogen and oxygen atoms in total. The Hall–Kier alpha value is -2.91. The molecule has 0 atom stereocenters. The van der Waals surface area contributed by atoms with Gasteiger partial charge in [0.05, 0.1) is 10.3 Å². The number of halogens is 1. The van der Waals surface area contributed by atoms with Gasteiger partial charge in [-0.2, -0.15) is 0 Å². The van der Waals surface area contributed by atoms with E-state index in [-0.39, 0.29) is 23.4 Å². The summed E-state index contributed by atoms with van der Waals surface area (Å²) in [5, 5.41) is 3.30. The average molecular weight is 422 g/mol. The zero-order chi connectivity index (χ0) is 20.4. The molecule has 0 bridgehead atoms. The number of esters is 1. The van der Waals surface area contributed by atoms with Crippen molar-refractivity contribution in [2.24, 2.45) is 14.1 Å². The van der Waals surface area contributed by atoms with Crippen molar-refractivity contribution in [2.45, 2.75) is 6.61 Å². The van der Waals surface area contributed by atoms with E-state index in [1.165, 1.54) is 24.7 Å². The van der Waals surface area contributed by atoms with Crippen LogP contribution in [0.25, 0.3) is 10.2 Å². The van der Waals surface area contributed by atoms with Crippen LogP contribution in [0.4, 0.5) is 0 Å². The molecule has 0 aliphatic carbocycles. The standard InChI is InChI=1S/C18H16ClN3O5S/c1-21-16(25)12-7-13(28-17(12)22(2)18(21)26)15(24)20-8-14(23)27-9-10-3-5-11(19)6-4-10/h3-7H,8-9H2,1-2H3,(H,20,24). The monoisotopic (exact) mass is 421 g/mol. The molecule has 0 aliphatic rings. The Labute approximate surface area is 167 Å². The Balaban J connectivity index is 1.65. The summed E-state index contributed by atoms with van der Waals surface area (Å²) in [6.07, 6.45) is 0. The summed E-state index contributed by atoms with van der Waals surface area (Å²) in [7, 11) is 2.90. The third-order valence-corrected chi connectivity index (χ3v) is 5.52. The van der Waals surface area contributed by atoms with Crippen LogP contribution < -0.4 is 16.6 Å². The van der Waals surface area contributed by atoms with Gasteiger partial charge in [0.1, 0.15) is 18.0 Å². The second kappa shape index (κ2) is 7.99. The molecule has 2 aromatic heterocycles. The van der Waals surface area contributed by atoms with Crippen LogP contribution in [0.1, 0.15) is 15.2 Å². The number of thiophene rings is 1. The molecule has 0 fully saturated rings. The average Bonchev–Trinajstić information content (AvgIpc) is 3.14. The number of amides is 1. The van der Waals surface area contributed by atoms with E-state index in [2.05, 4.69) is 5.32 Å². The molecule has 0 saturated carbocycles. The summed E-state index contributed by atoms with van der Waals surface area (Å²) < 4.78 is 7.37. The zero-order valence-corrected chi connectivity index (χ0v) is 16.6. The van der Waals surface area contributed by atoms with Gasteiger partial charge in [-0.1, -0.05) is 23.7 Å². The lowest BCUT2D eigenvalue weighted by Crippen LogP contribution is -2.36. The van der Waals surface area contributed by atoms with Gasteiger partial charge in [-0.05, 0) is 23.8 Å². The molecule has 0 saturated heterocycles. The third-order valence-electron chi connectivity index (χ3n) is 4.06. The summed E-state index contributed by atoms with van der Waals surface area (Å²) in [4.78, 5) is 48.9. The molecule has 2 heterocycles. The van der Waals surface area contributed by atoms with Gasteiger partial charge >= 0.3 is 11.7 Å². The highest BCUT2D eigenvalue weighted by atomic mass is 35.5. The first-order valence-electron chi connectivity index (χ1n) is 8.15. The number of aromatic nitrogens is 2. The van der Waals surface area contributed by atoms with Crippen molar-refractivity contribution >= 4 is 45.0 Å². The van der Waals surface area contributed by atoms with Crippen LogP contribution in [-0.2, 0) is 30.2 Å². The minimum atomic E-state index is -0.604. The van der Waals surface area contributed by atoms with Crippen molar-refractivity contribution in [1.29, 1.82) is 0 Å². The number of fused-ring (bicyclic) bond motifs is 1. The maximum Gasteiger partial charge on any atom is 0.331 e. The molecule has 10 heteroatoms. The maximum absolute atomic E-state index is 12.3. The first-order valence-corrected chi connectivity index (χ1v) is 9.35. The smallest absolute Gasteiger partial charge is 0.331 e. The number of hydrogen-bond acceptors (Lipinski definition) is 6.